The second kappa shape index (κ2) is 4.90. The highest BCUT2D eigenvalue weighted by Gasteiger charge is 2.28. The summed E-state index contributed by atoms with van der Waals surface area (Å²) >= 11 is 6.00. The minimum absolute atomic E-state index is 0.0475. The van der Waals surface area contributed by atoms with E-state index < -0.39 is 0 Å². The molecule has 18 heavy (non-hydrogen) atoms. The van der Waals surface area contributed by atoms with E-state index in [-0.39, 0.29) is 11.3 Å². The number of hydrogen-bond acceptors (Lipinski definition) is 2. The lowest BCUT2D eigenvalue weighted by Crippen LogP contribution is -2.24. The van der Waals surface area contributed by atoms with Crippen LogP contribution >= 0.6 is 11.6 Å². The molecule has 1 aromatic rings. The van der Waals surface area contributed by atoms with Gasteiger partial charge in [-0.05, 0) is 30.5 Å². The quantitative estimate of drug-likeness (QED) is 0.847. The average molecular weight is 265 g/mol. The van der Waals surface area contributed by atoms with Crippen LogP contribution in [-0.2, 0) is 11.3 Å². The van der Waals surface area contributed by atoms with Crippen LogP contribution in [0.1, 0.15) is 24.8 Å². The summed E-state index contributed by atoms with van der Waals surface area (Å²) in [5.41, 5.74) is 2.22. The molecule has 1 saturated heterocycles. The van der Waals surface area contributed by atoms with Crippen molar-refractivity contribution in [3.63, 3.8) is 0 Å². The number of alkyl halides is 1. The molecule has 1 amide bonds. The van der Waals surface area contributed by atoms with Crippen molar-refractivity contribution < 1.29 is 4.79 Å². The molecular weight excluding hydrogens is 248 g/mol. The van der Waals surface area contributed by atoms with Crippen LogP contribution in [0.3, 0.4) is 0 Å². The first-order chi connectivity index (χ1) is 8.72. The Morgan fingerprint density at radius 2 is 2.00 bits per heavy atom. The van der Waals surface area contributed by atoms with E-state index in [0.29, 0.717) is 13.0 Å². The minimum Gasteiger partial charge on any atom is -0.311 e. The zero-order chi connectivity index (χ0) is 12.5. The summed E-state index contributed by atoms with van der Waals surface area (Å²) in [7, 11) is 0. The lowest BCUT2D eigenvalue weighted by molar-refractivity contribution is -0.117. The summed E-state index contributed by atoms with van der Waals surface area (Å²) in [5, 5.41) is 3.43. The largest absolute Gasteiger partial charge is 0.311 e. The van der Waals surface area contributed by atoms with Crippen LogP contribution in [-0.4, -0.2) is 23.9 Å². The zero-order valence-electron chi connectivity index (χ0n) is 10.2. The maximum atomic E-state index is 11.7. The van der Waals surface area contributed by atoms with Crippen molar-refractivity contribution in [2.24, 2.45) is 0 Å². The van der Waals surface area contributed by atoms with Crippen LogP contribution in [0.2, 0.25) is 0 Å². The normalized spacial score (nSPS) is 23.7. The van der Waals surface area contributed by atoms with Gasteiger partial charge in [0.25, 0.3) is 0 Å². The second-order valence-electron chi connectivity index (χ2n) is 5.13. The summed E-state index contributed by atoms with van der Waals surface area (Å²) in [4.78, 5) is 13.5. The highest BCUT2D eigenvalue weighted by Crippen LogP contribution is 2.25. The van der Waals surface area contributed by atoms with Gasteiger partial charge in [0.15, 0.2) is 0 Å². The molecule has 0 radical (unpaired) electrons. The second-order valence-corrected chi connectivity index (χ2v) is 5.74. The van der Waals surface area contributed by atoms with Crippen molar-refractivity contribution in [1.82, 2.24) is 5.32 Å². The van der Waals surface area contributed by atoms with Gasteiger partial charge in [0.1, 0.15) is 0 Å². The van der Waals surface area contributed by atoms with Crippen LogP contribution in [0.15, 0.2) is 24.3 Å². The van der Waals surface area contributed by atoms with E-state index in [4.69, 9.17) is 11.6 Å². The van der Waals surface area contributed by atoms with Gasteiger partial charge in [-0.2, -0.15) is 0 Å². The fourth-order valence-corrected chi connectivity index (χ4v) is 2.53. The first kappa shape index (κ1) is 12.0. The number of carbonyl (C=O) groups is 1. The van der Waals surface area contributed by atoms with Gasteiger partial charge in [0, 0.05) is 31.2 Å². The third-order valence-electron chi connectivity index (χ3n) is 3.50. The van der Waals surface area contributed by atoms with E-state index in [0.717, 1.165) is 18.3 Å². The third-order valence-corrected chi connectivity index (χ3v) is 3.79. The van der Waals surface area contributed by atoms with Crippen LogP contribution in [0.25, 0.3) is 0 Å². The molecular formula is C14H17ClN2O. The number of anilines is 1. The van der Waals surface area contributed by atoms with Crippen LogP contribution in [0.5, 0.6) is 0 Å². The molecule has 1 heterocycles. The molecule has 1 N–H and O–H groups in total. The maximum absolute atomic E-state index is 11.7. The number of benzene rings is 1. The Balaban J connectivity index is 1.64. The summed E-state index contributed by atoms with van der Waals surface area (Å²) in [5.74, 6) is 0.124. The Morgan fingerprint density at radius 3 is 2.56 bits per heavy atom. The van der Waals surface area contributed by atoms with Crippen LogP contribution in [0, 0.1) is 0 Å². The molecule has 4 heteroatoms. The summed E-state index contributed by atoms with van der Waals surface area (Å²) in [6.45, 7) is 1.54. The molecule has 96 valence electrons. The lowest BCUT2D eigenvalue weighted by atomic mass is 10.2. The molecule has 1 aliphatic carbocycles. The van der Waals surface area contributed by atoms with Crippen molar-refractivity contribution in [2.75, 3.05) is 11.4 Å². The van der Waals surface area contributed by atoms with Crippen molar-refractivity contribution in [3.05, 3.63) is 29.8 Å². The molecule has 3 nitrogen and oxygen atoms in total. The number of hydrogen-bond donors (Lipinski definition) is 1. The molecule has 2 fully saturated rings. The summed E-state index contributed by atoms with van der Waals surface area (Å²) in [6.07, 6.45) is 3.06. The molecule has 1 unspecified atom stereocenters. The average Bonchev–Trinajstić information content (AvgIpc) is 3.13. The molecule has 2 aliphatic rings. The maximum Gasteiger partial charge on any atom is 0.228 e. The van der Waals surface area contributed by atoms with Crippen molar-refractivity contribution in [2.45, 2.75) is 37.2 Å². The van der Waals surface area contributed by atoms with E-state index >= 15 is 0 Å². The van der Waals surface area contributed by atoms with Gasteiger partial charge in [-0.3, -0.25) is 4.79 Å². The summed E-state index contributed by atoms with van der Waals surface area (Å²) in [6, 6.07) is 8.91. The van der Waals surface area contributed by atoms with E-state index in [1.54, 1.807) is 4.90 Å². The summed E-state index contributed by atoms with van der Waals surface area (Å²) < 4.78 is 0. The van der Waals surface area contributed by atoms with Gasteiger partial charge in [0.2, 0.25) is 5.91 Å². The Kier molecular flexibility index (Phi) is 3.27. The Hall–Kier alpha value is -1.06. The minimum atomic E-state index is -0.0475. The highest BCUT2D eigenvalue weighted by atomic mass is 35.5. The first-order valence-corrected chi connectivity index (χ1v) is 6.93. The Labute approximate surface area is 112 Å². The van der Waals surface area contributed by atoms with Crippen LogP contribution < -0.4 is 10.2 Å². The number of nitrogens with one attached hydrogen (secondary N) is 1. The third kappa shape index (κ3) is 2.68. The van der Waals surface area contributed by atoms with Crippen molar-refractivity contribution in [1.29, 1.82) is 0 Å². The van der Waals surface area contributed by atoms with Gasteiger partial charge in [-0.25, -0.2) is 0 Å². The Bertz CT molecular complexity index is 442. The van der Waals surface area contributed by atoms with E-state index in [9.17, 15) is 4.79 Å². The first-order valence-electron chi connectivity index (χ1n) is 6.49. The number of amides is 1. The topological polar surface area (TPSA) is 32.3 Å². The molecule has 1 aromatic carbocycles. The number of carbonyl (C=O) groups excluding carboxylic acids is 1. The van der Waals surface area contributed by atoms with E-state index in [1.807, 2.05) is 12.1 Å². The van der Waals surface area contributed by atoms with Gasteiger partial charge < -0.3 is 10.2 Å². The molecule has 0 aromatic heterocycles. The van der Waals surface area contributed by atoms with Gasteiger partial charge in [-0.1, -0.05) is 12.1 Å². The van der Waals surface area contributed by atoms with Crippen molar-refractivity contribution in [3.8, 4) is 0 Å². The fraction of sp³-hybridized carbons (Fsp3) is 0.500. The molecule has 0 spiro atoms. The van der Waals surface area contributed by atoms with Gasteiger partial charge >= 0.3 is 0 Å². The molecule has 0 bridgehead atoms. The van der Waals surface area contributed by atoms with Gasteiger partial charge in [0.05, 0.1) is 5.38 Å². The predicted octanol–water partition coefficient (Wildman–Crippen LogP) is 2.28. The predicted molar refractivity (Wildman–Crippen MR) is 72.9 cm³/mol. The number of halogens is 1. The highest BCUT2D eigenvalue weighted by molar-refractivity contribution is 6.24. The smallest absolute Gasteiger partial charge is 0.228 e. The molecule has 1 atom stereocenters. The lowest BCUT2D eigenvalue weighted by Gasteiger charge is -2.16. The fourth-order valence-electron chi connectivity index (χ4n) is 2.26. The van der Waals surface area contributed by atoms with E-state index in [2.05, 4.69) is 17.4 Å². The van der Waals surface area contributed by atoms with E-state index in [1.165, 1.54) is 18.4 Å². The van der Waals surface area contributed by atoms with Crippen LogP contribution in [0.4, 0.5) is 5.69 Å². The number of rotatable bonds is 4. The van der Waals surface area contributed by atoms with Gasteiger partial charge in [-0.15, -0.1) is 11.6 Å². The SMILES string of the molecule is O=C1CC(Cl)CN1c1ccc(CNC2CC2)cc1. The molecule has 3 rings (SSSR count). The number of nitrogens with zero attached hydrogens (tertiary/aromatic N) is 1. The molecule has 1 aliphatic heterocycles. The standard InChI is InChI=1S/C14H17ClN2O/c15-11-7-14(18)17(9-11)13-5-1-10(2-6-13)8-16-12-3-4-12/h1-2,5-6,11-12,16H,3-4,7-9H2. The van der Waals surface area contributed by atoms with Crippen molar-refractivity contribution >= 4 is 23.2 Å². The Morgan fingerprint density at radius 1 is 1.28 bits per heavy atom. The molecule has 1 saturated carbocycles. The zero-order valence-corrected chi connectivity index (χ0v) is 11.0. The monoisotopic (exact) mass is 264 g/mol.